The van der Waals surface area contributed by atoms with E-state index in [-0.39, 0.29) is 5.97 Å². The third-order valence-electron chi connectivity index (χ3n) is 2.38. The lowest BCUT2D eigenvalue weighted by Crippen LogP contribution is -2.00. The van der Waals surface area contributed by atoms with Crippen molar-refractivity contribution >= 4 is 16.9 Å². The van der Waals surface area contributed by atoms with Gasteiger partial charge in [0.05, 0.1) is 12.7 Å². The second-order valence-corrected chi connectivity index (χ2v) is 3.47. The number of pyridine rings is 1. The van der Waals surface area contributed by atoms with Crippen LogP contribution in [-0.4, -0.2) is 23.0 Å². The standard InChI is InChI=1S/C11H12N2O2/c1-6-4-9-10(7(2)13-6)8(5-12-9)11(14)15-3/h4-5,12H,1-3H3. The molecule has 0 aliphatic carbocycles. The summed E-state index contributed by atoms with van der Waals surface area (Å²) in [6.45, 7) is 3.81. The highest BCUT2D eigenvalue weighted by Gasteiger charge is 2.14. The Bertz CT molecular complexity index is 529. The number of hydrogen-bond acceptors (Lipinski definition) is 3. The van der Waals surface area contributed by atoms with Gasteiger partial charge in [-0.15, -0.1) is 0 Å². The Balaban J connectivity index is 2.74. The summed E-state index contributed by atoms with van der Waals surface area (Å²) in [7, 11) is 1.37. The van der Waals surface area contributed by atoms with Gasteiger partial charge in [0.2, 0.25) is 0 Å². The Morgan fingerprint density at radius 2 is 2.20 bits per heavy atom. The average molecular weight is 204 g/mol. The molecule has 1 N–H and O–H groups in total. The molecule has 0 fully saturated rings. The Hall–Kier alpha value is -1.84. The van der Waals surface area contributed by atoms with Crippen molar-refractivity contribution in [1.82, 2.24) is 9.97 Å². The van der Waals surface area contributed by atoms with Gasteiger partial charge in [0.25, 0.3) is 0 Å². The van der Waals surface area contributed by atoms with Crippen molar-refractivity contribution in [3.8, 4) is 0 Å². The highest BCUT2D eigenvalue weighted by Crippen LogP contribution is 2.22. The molecule has 0 aromatic carbocycles. The van der Waals surface area contributed by atoms with Crippen molar-refractivity contribution in [3.63, 3.8) is 0 Å². The van der Waals surface area contributed by atoms with E-state index in [4.69, 9.17) is 4.74 Å². The predicted molar refractivity (Wildman–Crippen MR) is 56.9 cm³/mol. The predicted octanol–water partition coefficient (Wildman–Crippen LogP) is 1.97. The Labute approximate surface area is 87.3 Å². The monoisotopic (exact) mass is 204 g/mol. The van der Waals surface area contributed by atoms with Gasteiger partial charge in [0.15, 0.2) is 0 Å². The third-order valence-corrected chi connectivity index (χ3v) is 2.38. The van der Waals surface area contributed by atoms with Gasteiger partial charge < -0.3 is 9.72 Å². The molecule has 0 bridgehead atoms. The SMILES string of the molecule is COC(=O)c1c[nH]c2cc(C)nc(C)c12. The van der Waals surface area contributed by atoms with Crippen LogP contribution in [0.1, 0.15) is 21.7 Å². The summed E-state index contributed by atoms with van der Waals surface area (Å²) < 4.78 is 4.70. The van der Waals surface area contributed by atoms with Crippen molar-refractivity contribution < 1.29 is 9.53 Å². The molecule has 2 aromatic heterocycles. The molecule has 4 nitrogen and oxygen atoms in total. The minimum atomic E-state index is -0.338. The zero-order valence-corrected chi connectivity index (χ0v) is 8.92. The highest BCUT2D eigenvalue weighted by atomic mass is 16.5. The molecule has 0 aliphatic heterocycles. The molecular weight excluding hydrogens is 192 g/mol. The van der Waals surface area contributed by atoms with Gasteiger partial charge in [0, 0.05) is 28.5 Å². The quantitative estimate of drug-likeness (QED) is 0.722. The normalized spacial score (nSPS) is 10.6. The molecule has 0 saturated heterocycles. The fourth-order valence-electron chi connectivity index (χ4n) is 1.78. The number of methoxy groups -OCH3 is 1. The van der Waals surface area contributed by atoms with Crippen LogP contribution in [0.25, 0.3) is 10.9 Å². The van der Waals surface area contributed by atoms with Gasteiger partial charge in [-0.2, -0.15) is 0 Å². The van der Waals surface area contributed by atoms with Crippen LogP contribution >= 0.6 is 0 Å². The van der Waals surface area contributed by atoms with Crippen molar-refractivity contribution in [3.05, 3.63) is 29.2 Å². The van der Waals surface area contributed by atoms with Gasteiger partial charge in [-0.25, -0.2) is 4.79 Å². The van der Waals surface area contributed by atoms with Crippen LogP contribution in [-0.2, 0) is 4.74 Å². The molecular formula is C11H12N2O2. The maximum absolute atomic E-state index is 11.5. The van der Waals surface area contributed by atoms with E-state index in [1.54, 1.807) is 6.20 Å². The maximum atomic E-state index is 11.5. The average Bonchev–Trinajstić information content (AvgIpc) is 2.60. The summed E-state index contributed by atoms with van der Waals surface area (Å²) in [5.74, 6) is -0.338. The lowest BCUT2D eigenvalue weighted by Gasteiger charge is -2.01. The van der Waals surface area contributed by atoms with Crippen LogP contribution in [0.5, 0.6) is 0 Å². The van der Waals surface area contributed by atoms with Gasteiger partial charge in [0.1, 0.15) is 0 Å². The van der Waals surface area contributed by atoms with Crippen LogP contribution in [0, 0.1) is 13.8 Å². The summed E-state index contributed by atoms with van der Waals surface area (Å²) in [6.07, 6.45) is 1.66. The maximum Gasteiger partial charge on any atom is 0.340 e. The summed E-state index contributed by atoms with van der Waals surface area (Å²) in [5.41, 5.74) is 3.22. The van der Waals surface area contributed by atoms with Crippen LogP contribution in [0.3, 0.4) is 0 Å². The summed E-state index contributed by atoms with van der Waals surface area (Å²) in [5, 5.41) is 0.840. The van der Waals surface area contributed by atoms with Crippen LogP contribution in [0.4, 0.5) is 0 Å². The zero-order chi connectivity index (χ0) is 11.0. The summed E-state index contributed by atoms with van der Waals surface area (Å²) >= 11 is 0. The molecule has 0 radical (unpaired) electrons. The number of carbonyl (C=O) groups is 1. The van der Waals surface area contributed by atoms with Gasteiger partial charge in [-0.3, -0.25) is 4.98 Å². The highest BCUT2D eigenvalue weighted by molar-refractivity contribution is 6.04. The largest absolute Gasteiger partial charge is 0.465 e. The molecule has 0 atom stereocenters. The van der Waals surface area contributed by atoms with Crippen molar-refractivity contribution in [1.29, 1.82) is 0 Å². The first-order valence-corrected chi connectivity index (χ1v) is 4.67. The number of aromatic amines is 1. The number of hydrogen-bond donors (Lipinski definition) is 1. The van der Waals surface area contributed by atoms with E-state index in [1.165, 1.54) is 7.11 Å². The minimum absolute atomic E-state index is 0.338. The molecule has 0 spiro atoms. The van der Waals surface area contributed by atoms with E-state index < -0.39 is 0 Å². The molecule has 0 amide bonds. The summed E-state index contributed by atoms with van der Waals surface area (Å²) in [6, 6.07) is 1.91. The minimum Gasteiger partial charge on any atom is -0.465 e. The first-order chi connectivity index (χ1) is 7.13. The Morgan fingerprint density at radius 3 is 2.87 bits per heavy atom. The number of H-pyrrole nitrogens is 1. The fourth-order valence-corrected chi connectivity index (χ4v) is 1.78. The topological polar surface area (TPSA) is 55.0 Å². The van der Waals surface area contributed by atoms with Gasteiger partial charge >= 0.3 is 5.97 Å². The Morgan fingerprint density at radius 1 is 1.47 bits per heavy atom. The van der Waals surface area contributed by atoms with Crippen LogP contribution in [0.2, 0.25) is 0 Å². The number of aryl methyl sites for hydroxylation is 2. The first kappa shape index (κ1) is 9.71. The molecule has 0 unspecified atom stereocenters. The lowest BCUT2D eigenvalue weighted by molar-refractivity contribution is 0.0603. The smallest absolute Gasteiger partial charge is 0.340 e. The van der Waals surface area contributed by atoms with Gasteiger partial charge in [-0.1, -0.05) is 0 Å². The first-order valence-electron chi connectivity index (χ1n) is 4.67. The van der Waals surface area contributed by atoms with Crippen LogP contribution < -0.4 is 0 Å². The number of aromatic nitrogens is 2. The van der Waals surface area contributed by atoms with E-state index in [2.05, 4.69) is 9.97 Å². The molecule has 78 valence electrons. The van der Waals surface area contributed by atoms with E-state index in [1.807, 2.05) is 19.9 Å². The molecule has 15 heavy (non-hydrogen) atoms. The van der Waals surface area contributed by atoms with E-state index in [9.17, 15) is 4.79 Å². The van der Waals surface area contributed by atoms with Gasteiger partial charge in [-0.05, 0) is 19.9 Å². The molecule has 2 rings (SSSR count). The van der Waals surface area contributed by atoms with Crippen molar-refractivity contribution in [2.75, 3.05) is 7.11 Å². The fraction of sp³-hybridized carbons (Fsp3) is 0.273. The number of nitrogens with one attached hydrogen (secondary N) is 1. The number of nitrogens with zero attached hydrogens (tertiary/aromatic N) is 1. The summed E-state index contributed by atoms with van der Waals surface area (Å²) in [4.78, 5) is 18.8. The number of esters is 1. The van der Waals surface area contributed by atoms with E-state index >= 15 is 0 Å². The molecule has 0 saturated carbocycles. The lowest BCUT2D eigenvalue weighted by atomic mass is 10.1. The number of rotatable bonds is 1. The molecule has 2 heterocycles. The van der Waals surface area contributed by atoms with Crippen molar-refractivity contribution in [2.45, 2.75) is 13.8 Å². The zero-order valence-electron chi connectivity index (χ0n) is 8.92. The number of ether oxygens (including phenoxy) is 1. The number of fused-ring (bicyclic) bond motifs is 1. The molecule has 2 aromatic rings. The van der Waals surface area contributed by atoms with E-state index in [0.29, 0.717) is 5.56 Å². The second kappa shape index (κ2) is 3.38. The Kier molecular flexibility index (Phi) is 2.19. The van der Waals surface area contributed by atoms with Crippen molar-refractivity contribution in [2.24, 2.45) is 0 Å². The van der Waals surface area contributed by atoms with Crippen LogP contribution in [0.15, 0.2) is 12.3 Å². The van der Waals surface area contributed by atoms with E-state index in [0.717, 1.165) is 22.3 Å². The molecule has 4 heteroatoms. The number of carbonyl (C=O) groups excluding carboxylic acids is 1. The second-order valence-electron chi connectivity index (χ2n) is 3.47. The third kappa shape index (κ3) is 1.48. The molecule has 0 aliphatic rings.